The Bertz CT molecular complexity index is 1420. The summed E-state index contributed by atoms with van der Waals surface area (Å²) >= 11 is 3.86. The van der Waals surface area contributed by atoms with Gasteiger partial charge in [-0.2, -0.15) is 0 Å². The molecule has 228 valence electrons. The fraction of sp³-hybridized carbons (Fsp3) is 0.370. The van der Waals surface area contributed by atoms with Crippen molar-refractivity contribution in [3.63, 3.8) is 0 Å². The van der Waals surface area contributed by atoms with E-state index in [1.165, 1.54) is 48.3 Å². The largest absolute Gasteiger partial charge is 0.426 e. The second kappa shape index (κ2) is 14.5. The fourth-order valence-corrected chi connectivity index (χ4v) is 7.40. The van der Waals surface area contributed by atoms with Crippen molar-refractivity contribution in [3.8, 4) is 0 Å². The minimum atomic E-state index is -1.10. The third-order valence-corrected chi connectivity index (χ3v) is 9.51. The van der Waals surface area contributed by atoms with Crippen LogP contribution in [0.25, 0.3) is 6.08 Å². The molecular formula is C27H30N6O7S3. The Morgan fingerprint density at radius 3 is 2.88 bits per heavy atom. The highest BCUT2D eigenvalue weighted by molar-refractivity contribution is 8.02. The van der Waals surface area contributed by atoms with Crippen LogP contribution in [-0.4, -0.2) is 86.7 Å². The number of β-lactam (4-membered cyclic amide) rings is 1. The van der Waals surface area contributed by atoms with Crippen molar-refractivity contribution in [1.82, 2.24) is 20.2 Å². The summed E-state index contributed by atoms with van der Waals surface area (Å²) in [5.74, 6) is -1.62. The topological polar surface area (TPSA) is 175 Å². The number of anilines is 1. The molecule has 2 aliphatic heterocycles. The number of fused-ring (bicyclic) bond motifs is 1. The third-order valence-electron chi connectivity index (χ3n) is 6.20. The second-order valence-corrected chi connectivity index (χ2v) is 12.4. The van der Waals surface area contributed by atoms with Crippen molar-refractivity contribution in [2.24, 2.45) is 10.6 Å². The van der Waals surface area contributed by atoms with Crippen LogP contribution in [0.3, 0.4) is 0 Å². The van der Waals surface area contributed by atoms with Gasteiger partial charge < -0.3 is 30.3 Å². The second-order valence-electron chi connectivity index (χ2n) is 9.48. The molecule has 2 aromatic heterocycles. The smallest absolute Gasteiger partial charge is 0.318 e. The van der Waals surface area contributed by atoms with E-state index in [1.807, 2.05) is 23.6 Å². The number of hydrogen-bond acceptors (Lipinski definition) is 14. The number of hydrogen-bond donors (Lipinski definition) is 2. The molecule has 0 aromatic carbocycles. The van der Waals surface area contributed by atoms with Crippen molar-refractivity contribution < 1.29 is 33.5 Å². The maximum atomic E-state index is 13.5. The first-order valence-electron chi connectivity index (χ1n) is 12.9. The SMILES string of the molecule is C=CCON=C(C(=O)NC1C(=O)N2CC(CSC=Cc3cccnc3)(C(=O)OC(C)OC(C)=O)CS[C@H]12)c1csc(N)n1. The molecular weight excluding hydrogens is 617 g/mol. The Morgan fingerprint density at radius 1 is 1.40 bits per heavy atom. The predicted octanol–water partition coefficient (Wildman–Crippen LogP) is 2.27. The van der Waals surface area contributed by atoms with Crippen molar-refractivity contribution in [3.05, 3.63) is 59.2 Å². The number of rotatable bonds is 13. The van der Waals surface area contributed by atoms with Gasteiger partial charge in [0.1, 0.15) is 29.1 Å². The average Bonchev–Trinajstić information content (AvgIpc) is 3.41. The van der Waals surface area contributed by atoms with Crippen molar-refractivity contribution >= 4 is 75.5 Å². The number of nitrogens with one attached hydrogen (secondary N) is 1. The number of nitrogens with two attached hydrogens (primary N) is 1. The van der Waals surface area contributed by atoms with Crippen molar-refractivity contribution in [1.29, 1.82) is 0 Å². The standard InChI is InChI=1S/C27H30N6O7S3/c1-4-9-38-32-20(19-12-42-26(28)30-19)22(35)31-21-23(36)33-13-27(15-43-24(21)33,25(37)40-17(3)39-16(2)34)14-41-10-7-18-6-5-8-29-11-18/h4-8,10-12,17,21,24H,1,9,13-15H2,2-3H3,(H2,28,30)(H,31,35)/t17?,21?,24-,27?/m1/s1. The van der Waals surface area contributed by atoms with E-state index in [1.54, 1.807) is 17.8 Å². The predicted molar refractivity (Wildman–Crippen MR) is 165 cm³/mol. The van der Waals surface area contributed by atoms with Gasteiger partial charge in [-0.3, -0.25) is 24.2 Å². The molecule has 16 heteroatoms. The molecule has 4 rings (SSSR count). The minimum Gasteiger partial charge on any atom is -0.426 e. The van der Waals surface area contributed by atoms with Gasteiger partial charge in [-0.25, -0.2) is 4.98 Å². The van der Waals surface area contributed by atoms with Crippen LogP contribution >= 0.6 is 34.9 Å². The first-order valence-corrected chi connectivity index (χ1v) is 15.9. The highest BCUT2D eigenvalue weighted by atomic mass is 32.2. The van der Waals surface area contributed by atoms with E-state index in [0.29, 0.717) is 11.5 Å². The molecule has 2 aromatic rings. The molecule has 43 heavy (non-hydrogen) atoms. The molecule has 0 radical (unpaired) electrons. The molecule has 0 aliphatic carbocycles. The van der Waals surface area contributed by atoms with E-state index in [2.05, 4.69) is 27.0 Å². The number of pyridine rings is 1. The molecule has 2 amide bonds. The van der Waals surface area contributed by atoms with Gasteiger partial charge in [-0.15, -0.1) is 34.9 Å². The number of amides is 2. The van der Waals surface area contributed by atoms with Crippen LogP contribution in [0.4, 0.5) is 5.13 Å². The number of thiazole rings is 1. The number of carbonyl (C=O) groups excluding carboxylic acids is 4. The Hall–Kier alpha value is -3.89. The summed E-state index contributed by atoms with van der Waals surface area (Å²) in [6, 6.07) is 2.86. The van der Waals surface area contributed by atoms with Gasteiger partial charge >= 0.3 is 11.9 Å². The van der Waals surface area contributed by atoms with E-state index >= 15 is 0 Å². The highest BCUT2D eigenvalue weighted by Gasteiger charge is 2.58. The zero-order valence-electron chi connectivity index (χ0n) is 23.3. The Morgan fingerprint density at radius 2 is 2.21 bits per heavy atom. The van der Waals surface area contributed by atoms with Crippen LogP contribution in [0.2, 0.25) is 0 Å². The van der Waals surface area contributed by atoms with Gasteiger partial charge in [-0.05, 0) is 23.1 Å². The first kappa shape index (κ1) is 32.0. The van der Waals surface area contributed by atoms with Crippen molar-refractivity contribution in [2.75, 3.05) is 30.4 Å². The van der Waals surface area contributed by atoms with Crippen LogP contribution in [0, 0.1) is 5.41 Å². The van der Waals surface area contributed by atoms with Gasteiger partial charge in [-0.1, -0.05) is 23.9 Å². The lowest BCUT2D eigenvalue weighted by molar-refractivity contribution is -0.191. The zero-order valence-corrected chi connectivity index (χ0v) is 25.8. The molecule has 0 saturated carbocycles. The molecule has 13 nitrogen and oxygen atoms in total. The Labute approximate surface area is 260 Å². The summed E-state index contributed by atoms with van der Waals surface area (Å²) in [7, 11) is 0. The number of aromatic nitrogens is 2. The maximum Gasteiger partial charge on any atom is 0.318 e. The first-order chi connectivity index (χ1) is 20.6. The van der Waals surface area contributed by atoms with Gasteiger partial charge in [0, 0.05) is 49.7 Å². The summed E-state index contributed by atoms with van der Waals surface area (Å²) in [6.45, 7) is 6.35. The minimum absolute atomic E-state index is 0.0568. The highest BCUT2D eigenvalue weighted by Crippen LogP contribution is 2.44. The molecule has 4 atom stereocenters. The molecule has 3 unspecified atom stereocenters. The summed E-state index contributed by atoms with van der Waals surface area (Å²) in [5, 5.41) is 9.83. The number of thioether (sulfide) groups is 2. The number of esters is 2. The van der Waals surface area contributed by atoms with E-state index < -0.39 is 41.0 Å². The maximum absolute atomic E-state index is 13.5. The fourth-order valence-electron chi connectivity index (χ4n) is 4.20. The molecule has 2 aliphatic rings. The number of nitrogen functional groups attached to an aromatic ring is 1. The van der Waals surface area contributed by atoms with E-state index in [4.69, 9.17) is 20.0 Å². The quantitative estimate of drug-likeness (QED) is 0.0619. The van der Waals surface area contributed by atoms with Crippen LogP contribution in [0.5, 0.6) is 0 Å². The average molecular weight is 647 g/mol. The number of nitrogens with zero attached hydrogens (tertiary/aromatic N) is 4. The van der Waals surface area contributed by atoms with E-state index in [9.17, 15) is 19.2 Å². The van der Waals surface area contributed by atoms with Crippen LogP contribution < -0.4 is 11.1 Å². The number of oxime groups is 1. The lowest BCUT2D eigenvalue weighted by Gasteiger charge is -2.54. The summed E-state index contributed by atoms with van der Waals surface area (Å²) < 4.78 is 10.5. The van der Waals surface area contributed by atoms with Crippen LogP contribution in [0.15, 0.2) is 53.1 Å². The van der Waals surface area contributed by atoms with E-state index in [0.717, 1.165) is 16.9 Å². The van der Waals surface area contributed by atoms with Gasteiger partial charge in [0.25, 0.3) is 5.91 Å². The molecule has 0 spiro atoms. The summed E-state index contributed by atoms with van der Waals surface area (Å²) in [6.07, 6.45) is 5.62. The molecule has 3 N–H and O–H groups in total. The Balaban J connectivity index is 1.46. The number of ether oxygens (including phenoxy) is 2. The normalized spacial score (nSPS) is 22.2. The summed E-state index contributed by atoms with van der Waals surface area (Å²) in [5.41, 5.74) is 5.60. The zero-order chi connectivity index (χ0) is 31.0. The van der Waals surface area contributed by atoms with Crippen LogP contribution in [-0.2, 0) is 33.5 Å². The van der Waals surface area contributed by atoms with Crippen LogP contribution in [0.1, 0.15) is 25.1 Å². The molecule has 2 saturated heterocycles. The van der Waals surface area contributed by atoms with Gasteiger partial charge in [0.05, 0.1) is 0 Å². The molecule has 2 fully saturated rings. The molecule has 0 bridgehead atoms. The number of carbonyl (C=O) groups is 4. The third kappa shape index (κ3) is 7.94. The molecule has 4 heterocycles. The lowest BCUT2D eigenvalue weighted by Crippen LogP contribution is -2.74. The lowest BCUT2D eigenvalue weighted by atomic mass is 9.89. The monoisotopic (exact) mass is 646 g/mol. The van der Waals surface area contributed by atoms with Crippen molar-refractivity contribution in [2.45, 2.75) is 31.6 Å². The van der Waals surface area contributed by atoms with Gasteiger partial charge in [0.2, 0.25) is 12.2 Å². The van der Waals surface area contributed by atoms with Gasteiger partial charge in [0.15, 0.2) is 10.8 Å². The Kier molecular flexibility index (Phi) is 10.8. The summed E-state index contributed by atoms with van der Waals surface area (Å²) in [4.78, 5) is 66.1. The van der Waals surface area contributed by atoms with E-state index in [-0.39, 0.29) is 35.6 Å².